The average Bonchev–Trinajstić information content (AvgIpc) is 3.16. The summed E-state index contributed by atoms with van der Waals surface area (Å²) in [7, 11) is 1.69. The summed E-state index contributed by atoms with van der Waals surface area (Å²) in [6, 6.07) is 11.6. The number of halogens is 1. The Labute approximate surface area is 166 Å². The van der Waals surface area contributed by atoms with Gasteiger partial charge in [0.1, 0.15) is 23.9 Å². The quantitative estimate of drug-likeness (QED) is 0.759. The van der Waals surface area contributed by atoms with Crippen LogP contribution in [0.4, 0.5) is 10.1 Å². The molecule has 2 aromatic rings. The molecular weight excluding hydrogens is 357 g/mol. The maximum absolute atomic E-state index is 13.1. The van der Waals surface area contributed by atoms with E-state index in [-0.39, 0.29) is 5.82 Å². The number of piperidine rings is 1. The zero-order valence-corrected chi connectivity index (χ0v) is 16.6. The SMILES string of the molecule is COCc1ccc(CN2CCCC(N3CCN(c4ccc(F)cc4)CC3)C2)o1. The number of likely N-dealkylation sites (tertiary alicyclic amines) is 1. The van der Waals surface area contributed by atoms with E-state index in [0.717, 1.165) is 63.0 Å². The smallest absolute Gasteiger partial charge is 0.129 e. The topological polar surface area (TPSA) is 32.1 Å². The average molecular weight is 387 g/mol. The van der Waals surface area contributed by atoms with Crippen LogP contribution in [0.2, 0.25) is 0 Å². The molecule has 0 N–H and O–H groups in total. The monoisotopic (exact) mass is 387 g/mol. The van der Waals surface area contributed by atoms with Crippen molar-refractivity contribution in [1.29, 1.82) is 0 Å². The van der Waals surface area contributed by atoms with Crippen molar-refractivity contribution in [3.63, 3.8) is 0 Å². The van der Waals surface area contributed by atoms with Gasteiger partial charge in [-0.1, -0.05) is 0 Å². The molecule has 1 aromatic carbocycles. The number of benzene rings is 1. The Morgan fingerprint density at radius 3 is 2.50 bits per heavy atom. The standard InChI is InChI=1S/C22H30FN3O2/c1-27-17-22-9-8-21(28-22)16-24-10-2-3-20(15-24)26-13-11-25(12-14-26)19-6-4-18(23)5-7-19/h4-9,20H,2-3,10-17H2,1H3. The molecule has 3 heterocycles. The first-order valence-corrected chi connectivity index (χ1v) is 10.2. The van der Waals surface area contributed by atoms with Gasteiger partial charge in [0.25, 0.3) is 0 Å². The molecule has 2 fully saturated rings. The van der Waals surface area contributed by atoms with Gasteiger partial charge in [0.2, 0.25) is 0 Å². The van der Waals surface area contributed by atoms with Gasteiger partial charge in [-0.2, -0.15) is 0 Å². The fourth-order valence-electron chi connectivity index (χ4n) is 4.42. The van der Waals surface area contributed by atoms with Gasteiger partial charge in [-0.25, -0.2) is 4.39 Å². The van der Waals surface area contributed by atoms with Crippen LogP contribution < -0.4 is 4.90 Å². The van der Waals surface area contributed by atoms with Crippen molar-refractivity contribution in [2.45, 2.75) is 32.0 Å². The second-order valence-electron chi connectivity index (χ2n) is 7.83. The van der Waals surface area contributed by atoms with E-state index in [1.54, 1.807) is 19.2 Å². The number of anilines is 1. The number of nitrogens with zero attached hydrogens (tertiary/aromatic N) is 3. The van der Waals surface area contributed by atoms with Crippen LogP contribution in [0, 0.1) is 5.82 Å². The highest BCUT2D eigenvalue weighted by molar-refractivity contribution is 5.46. The number of rotatable bonds is 6. The third-order valence-electron chi connectivity index (χ3n) is 5.89. The van der Waals surface area contributed by atoms with Crippen LogP contribution in [0.5, 0.6) is 0 Å². The van der Waals surface area contributed by atoms with Gasteiger partial charge in [0, 0.05) is 51.6 Å². The molecule has 0 spiro atoms. The van der Waals surface area contributed by atoms with Crippen molar-refractivity contribution in [1.82, 2.24) is 9.80 Å². The summed E-state index contributed by atoms with van der Waals surface area (Å²) in [6.07, 6.45) is 2.49. The molecule has 2 saturated heterocycles. The van der Waals surface area contributed by atoms with Gasteiger partial charge in [-0.3, -0.25) is 9.80 Å². The van der Waals surface area contributed by atoms with E-state index in [4.69, 9.17) is 9.15 Å². The lowest BCUT2D eigenvalue weighted by Crippen LogP contribution is -2.55. The van der Waals surface area contributed by atoms with Gasteiger partial charge >= 0.3 is 0 Å². The number of piperazine rings is 1. The lowest BCUT2D eigenvalue weighted by molar-refractivity contribution is 0.0837. The molecule has 0 amide bonds. The van der Waals surface area contributed by atoms with Crippen LogP contribution in [0.1, 0.15) is 24.4 Å². The third kappa shape index (κ3) is 4.74. The normalized spacial score (nSPS) is 21.9. The minimum Gasteiger partial charge on any atom is -0.462 e. The van der Waals surface area contributed by atoms with Crippen molar-refractivity contribution in [2.24, 2.45) is 0 Å². The molecule has 0 saturated carbocycles. The highest BCUT2D eigenvalue weighted by atomic mass is 19.1. The largest absolute Gasteiger partial charge is 0.462 e. The van der Waals surface area contributed by atoms with Crippen molar-refractivity contribution in [3.8, 4) is 0 Å². The lowest BCUT2D eigenvalue weighted by Gasteiger charge is -2.43. The summed E-state index contributed by atoms with van der Waals surface area (Å²) >= 11 is 0. The molecule has 5 nitrogen and oxygen atoms in total. The summed E-state index contributed by atoms with van der Waals surface area (Å²) in [4.78, 5) is 7.50. The molecule has 1 atom stereocenters. The maximum Gasteiger partial charge on any atom is 0.129 e. The van der Waals surface area contributed by atoms with Crippen LogP contribution in [-0.4, -0.2) is 62.2 Å². The van der Waals surface area contributed by atoms with Crippen LogP contribution in [0.15, 0.2) is 40.8 Å². The van der Waals surface area contributed by atoms with Gasteiger partial charge < -0.3 is 14.1 Å². The van der Waals surface area contributed by atoms with Gasteiger partial charge in [0.15, 0.2) is 0 Å². The summed E-state index contributed by atoms with van der Waals surface area (Å²) < 4.78 is 24.1. The van der Waals surface area contributed by atoms with Crippen LogP contribution in [0.25, 0.3) is 0 Å². The second-order valence-corrected chi connectivity index (χ2v) is 7.83. The summed E-state index contributed by atoms with van der Waals surface area (Å²) in [5.74, 6) is 1.74. The Hall–Kier alpha value is -1.89. The Morgan fingerprint density at radius 1 is 1.00 bits per heavy atom. The van der Waals surface area contributed by atoms with Gasteiger partial charge in [0.05, 0.1) is 6.54 Å². The van der Waals surface area contributed by atoms with E-state index in [2.05, 4.69) is 20.8 Å². The lowest BCUT2D eigenvalue weighted by atomic mass is 10.0. The van der Waals surface area contributed by atoms with Crippen molar-refractivity contribution >= 4 is 5.69 Å². The van der Waals surface area contributed by atoms with E-state index >= 15 is 0 Å². The molecular formula is C22H30FN3O2. The summed E-state index contributed by atoms with van der Waals surface area (Å²) in [5, 5.41) is 0. The molecule has 28 heavy (non-hydrogen) atoms. The van der Waals surface area contributed by atoms with Crippen molar-refractivity contribution in [2.75, 3.05) is 51.3 Å². The van der Waals surface area contributed by atoms with E-state index in [1.807, 2.05) is 18.2 Å². The molecule has 6 heteroatoms. The zero-order chi connectivity index (χ0) is 19.3. The first-order valence-electron chi connectivity index (χ1n) is 10.2. The van der Waals surface area contributed by atoms with Crippen LogP contribution in [-0.2, 0) is 17.9 Å². The molecule has 0 radical (unpaired) electrons. The number of methoxy groups -OCH3 is 1. The fraction of sp³-hybridized carbons (Fsp3) is 0.545. The maximum atomic E-state index is 13.1. The Morgan fingerprint density at radius 2 is 1.75 bits per heavy atom. The molecule has 152 valence electrons. The highest BCUT2D eigenvalue weighted by Gasteiger charge is 2.28. The highest BCUT2D eigenvalue weighted by Crippen LogP contribution is 2.22. The molecule has 2 aliphatic rings. The number of hydrogen-bond donors (Lipinski definition) is 0. The number of hydrogen-bond acceptors (Lipinski definition) is 5. The second kappa shape index (κ2) is 9.07. The minimum atomic E-state index is -0.171. The molecule has 1 unspecified atom stereocenters. The van der Waals surface area contributed by atoms with Gasteiger partial charge in [-0.15, -0.1) is 0 Å². The molecule has 0 bridgehead atoms. The number of ether oxygens (including phenoxy) is 1. The predicted molar refractivity (Wildman–Crippen MR) is 108 cm³/mol. The molecule has 4 rings (SSSR count). The zero-order valence-electron chi connectivity index (χ0n) is 16.6. The first kappa shape index (κ1) is 19.4. The van der Waals surface area contributed by atoms with E-state index in [1.165, 1.54) is 12.8 Å². The Kier molecular flexibility index (Phi) is 6.29. The molecule has 2 aliphatic heterocycles. The molecule has 1 aromatic heterocycles. The predicted octanol–water partition coefficient (Wildman–Crippen LogP) is 3.35. The van der Waals surface area contributed by atoms with Crippen molar-refractivity contribution in [3.05, 3.63) is 53.7 Å². The van der Waals surface area contributed by atoms with Gasteiger partial charge in [-0.05, 0) is 55.8 Å². The third-order valence-corrected chi connectivity index (χ3v) is 5.89. The summed E-state index contributed by atoms with van der Waals surface area (Å²) in [6.45, 7) is 7.75. The minimum absolute atomic E-state index is 0.171. The first-order chi connectivity index (χ1) is 13.7. The Balaban J connectivity index is 1.28. The van der Waals surface area contributed by atoms with Crippen molar-refractivity contribution < 1.29 is 13.5 Å². The Bertz CT molecular complexity index is 740. The van der Waals surface area contributed by atoms with Crippen LogP contribution >= 0.6 is 0 Å². The molecule has 0 aliphatic carbocycles. The fourth-order valence-corrected chi connectivity index (χ4v) is 4.42. The van der Waals surface area contributed by atoms with E-state index in [0.29, 0.717) is 12.6 Å². The number of furan rings is 1. The summed E-state index contributed by atoms with van der Waals surface area (Å²) in [5.41, 5.74) is 1.12. The van der Waals surface area contributed by atoms with Crippen LogP contribution in [0.3, 0.4) is 0 Å². The van der Waals surface area contributed by atoms with E-state index < -0.39 is 0 Å². The van der Waals surface area contributed by atoms with E-state index in [9.17, 15) is 4.39 Å².